The molecule has 2 rings (SSSR count). The molecule has 21 heavy (non-hydrogen) atoms. The number of aromatic nitrogens is 2. The lowest BCUT2D eigenvalue weighted by Gasteiger charge is -2.07. The topological polar surface area (TPSA) is 70.4 Å². The zero-order valence-electron chi connectivity index (χ0n) is 11.9. The Labute approximate surface area is 122 Å². The number of carbonyl (C=O) groups excluding carboxylic acids is 1. The fraction of sp³-hybridized carbons (Fsp3) is 0.267. The predicted octanol–water partition coefficient (Wildman–Crippen LogP) is 2.23. The number of ether oxygens (including phenoxy) is 2. The van der Waals surface area contributed by atoms with Gasteiger partial charge < -0.3 is 14.0 Å². The molecule has 1 aromatic carbocycles. The van der Waals surface area contributed by atoms with Crippen LogP contribution in [-0.2, 0) is 11.3 Å². The molecule has 6 nitrogen and oxygen atoms in total. The highest BCUT2D eigenvalue weighted by Gasteiger charge is 2.09. The van der Waals surface area contributed by atoms with Gasteiger partial charge in [-0.25, -0.2) is 9.78 Å². The van der Waals surface area contributed by atoms with E-state index >= 15 is 0 Å². The van der Waals surface area contributed by atoms with E-state index < -0.39 is 5.97 Å². The second-order valence-electron chi connectivity index (χ2n) is 4.17. The summed E-state index contributed by atoms with van der Waals surface area (Å²) < 4.78 is 11.8. The highest BCUT2D eigenvalue weighted by molar-refractivity contribution is 5.89. The summed E-state index contributed by atoms with van der Waals surface area (Å²) >= 11 is 0. The Bertz CT molecular complexity index is 677. The maximum absolute atomic E-state index is 12.0. The van der Waals surface area contributed by atoms with Gasteiger partial charge in [0.05, 0.1) is 12.2 Å². The van der Waals surface area contributed by atoms with Crippen LogP contribution in [0.3, 0.4) is 0 Å². The molecule has 0 fully saturated rings. The number of nitrogens with zero attached hydrogens (tertiary/aromatic N) is 2. The summed E-state index contributed by atoms with van der Waals surface area (Å²) in [5.74, 6) is 0.0416. The minimum absolute atomic E-state index is 0.00300. The van der Waals surface area contributed by atoms with Gasteiger partial charge in [0.2, 0.25) is 0 Å². The molecule has 0 spiro atoms. The molecule has 0 atom stereocenters. The second-order valence-corrected chi connectivity index (χ2v) is 4.17. The van der Waals surface area contributed by atoms with Crippen LogP contribution in [0.25, 0.3) is 0 Å². The Morgan fingerprint density at radius 2 is 1.95 bits per heavy atom. The first-order valence-electron chi connectivity index (χ1n) is 6.66. The van der Waals surface area contributed by atoms with Crippen LogP contribution in [0.4, 0.5) is 0 Å². The monoisotopic (exact) mass is 288 g/mol. The highest BCUT2D eigenvalue weighted by atomic mass is 16.5. The molecule has 0 aliphatic rings. The van der Waals surface area contributed by atoms with Crippen LogP contribution in [0.15, 0.2) is 41.5 Å². The van der Waals surface area contributed by atoms with Crippen LogP contribution < -0.4 is 10.3 Å². The van der Waals surface area contributed by atoms with Gasteiger partial charge in [0, 0.05) is 18.9 Å². The molecule has 1 heterocycles. The van der Waals surface area contributed by atoms with Crippen molar-refractivity contribution in [3.05, 3.63) is 52.6 Å². The molecule has 0 N–H and O–H groups in total. The molecule has 0 radical (unpaired) electrons. The maximum atomic E-state index is 12.0. The minimum atomic E-state index is -0.393. The first-order chi connectivity index (χ1) is 10.2. The lowest BCUT2D eigenvalue weighted by atomic mass is 10.2. The van der Waals surface area contributed by atoms with Gasteiger partial charge in [-0.3, -0.25) is 4.79 Å². The zero-order chi connectivity index (χ0) is 15.2. The minimum Gasteiger partial charge on any atom is -0.462 e. The summed E-state index contributed by atoms with van der Waals surface area (Å²) in [5, 5.41) is 0. The Morgan fingerprint density at radius 1 is 1.24 bits per heavy atom. The smallest absolute Gasteiger partial charge is 0.338 e. The number of rotatable bonds is 5. The molecule has 0 amide bonds. The average Bonchev–Trinajstić information content (AvgIpc) is 2.50. The van der Waals surface area contributed by atoms with Crippen LogP contribution in [-0.4, -0.2) is 22.1 Å². The van der Waals surface area contributed by atoms with Crippen LogP contribution in [0, 0.1) is 0 Å². The SMILES string of the molecule is CCOC(=O)c1ccc(Oc2nccn(CC)c2=O)cc1. The van der Waals surface area contributed by atoms with Crippen LogP contribution in [0.1, 0.15) is 24.2 Å². The Balaban J connectivity index is 2.18. The van der Waals surface area contributed by atoms with E-state index in [1.807, 2.05) is 6.92 Å². The molecule has 0 saturated carbocycles. The van der Waals surface area contributed by atoms with Crippen molar-refractivity contribution in [3.63, 3.8) is 0 Å². The maximum Gasteiger partial charge on any atom is 0.338 e. The summed E-state index contributed by atoms with van der Waals surface area (Å²) in [6.07, 6.45) is 3.10. The van der Waals surface area contributed by atoms with Crippen LogP contribution >= 0.6 is 0 Å². The van der Waals surface area contributed by atoms with Crippen molar-refractivity contribution in [1.29, 1.82) is 0 Å². The summed E-state index contributed by atoms with van der Waals surface area (Å²) in [6.45, 7) is 4.47. The first kappa shape index (κ1) is 14.8. The molecule has 2 aromatic rings. The Kier molecular flexibility index (Phi) is 4.71. The van der Waals surface area contributed by atoms with E-state index in [-0.39, 0.29) is 11.4 Å². The number of hydrogen-bond donors (Lipinski definition) is 0. The van der Waals surface area contributed by atoms with Gasteiger partial charge in [-0.2, -0.15) is 0 Å². The average molecular weight is 288 g/mol. The van der Waals surface area contributed by atoms with E-state index in [2.05, 4.69) is 4.98 Å². The molecule has 1 aromatic heterocycles. The molecule has 6 heteroatoms. The van der Waals surface area contributed by atoms with Gasteiger partial charge in [-0.05, 0) is 38.1 Å². The molecule has 0 aliphatic carbocycles. The van der Waals surface area contributed by atoms with Crippen molar-refractivity contribution >= 4 is 5.97 Å². The number of aryl methyl sites for hydroxylation is 1. The lowest BCUT2D eigenvalue weighted by Crippen LogP contribution is -2.20. The zero-order valence-corrected chi connectivity index (χ0v) is 11.9. The third-order valence-corrected chi connectivity index (χ3v) is 2.80. The van der Waals surface area contributed by atoms with E-state index in [1.54, 1.807) is 37.4 Å². The normalized spacial score (nSPS) is 10.2. The second kappa shape index (κ2) is 6.69. The largest absolute Gasteiger partial charge is 0.462 e. The Hall–Kier alpha value is -2.63. The van der Waals surface area contributed by atoms with Gasteiger partial charge in [-0.1, -0.05) is 0 Å². The molecule has 0 unspecified atom stereocenters. The lowest BCUT2D eigenvalue weighted by molar-refractivity contribution is 0.0526. The van der Waals surface area contributed by atoms with E-state index in [9.17, 15) is 9.59 Å². The standard InChI is InChI=1S/C15H16N2O4/c1-3-17-10-9-16-13(14(17)18)21-12-7-5-11(6-8-12)15(19)20-4-2/h5-10H,3-4H2,1-2H3. The summed E-state index contributed by atoms with van der Waals surface area (Å²) in [7, 11) is 0. The highest BCUT2D eigenvalue weighted by Crippen LogP contribution is 2.17. The molecular weight excluding hydrogens is 272 g/mol. The van der Waals surface area contributed by atoms with Gasteiger partial charge in [0.1, 0.15) is 5.75 Å². The van der Waals surface area contributed by atoms with Crippen molar-refractivity contribution in [2.75, 3.05) is 6.61 Å². The summed E-state index contributed by atoms with van der Waals surface area (Å²) in [6, 6.07) is 6.34. The fourth-order valence-electron chi connectivity index (χ4n) is 1.73. The van der Waals surface area contributed by atoms with E-state index in [1.165, 1.54) is 10.8 Å². The van der Waals surface area contributed by atoms with Gasteiger partial charge in [0.25, 0.3) is 5.88 Å². The molecular formula is C15H16N2O4. The van der Waals surface area contributed by atoms with Crippen molar-refractivity contribution in [2.45, 2.75) is 20.4 Å². The number of benzene rings is 1. The van der Waals surface area contributed by atoms with Crippen molar-refractivity contribution in [1.82, 2.24) is 9.55 Å². The first-order valence-corrected chi connectivity index (χ1v) is 6.66. The van der Waals surface area contributed by atoms with Crippen LogP contribution in [0.2, 0.25) is 0 Å². The van der Waals surface area contributed by atoms with Gasteiger partial charge >= 0.3 is 11.5 Å². The van der Waals surface area contributed by atoms with Crippen molar-refractivity contribution in [3.8, 4) is 11.6 Å². The Morgan fingerprint density at radius 3 is 2.57 bits per heavy atom. The van der Waals surface area contributed by atoms with Crippen molar-refractivity contribution < 1.29 is 14.3 Å². The number of carbonyl (C=O) groups is 1. The van der Waals surface area contributed by atoms with Gasteiger partial charge in [0.15, 0.2) is 0 Å². The third-order valence-electron chi connectivity index (χ3n) is 2.80. The molecule has 110 valence electrons. The number of esters is 1. The number of hydrogen-bond acceptors (Lipinski definition) is 5. The van der Waals surface area contributed by atoms with Crippen molar-refractivity contribution in [2.24, 2.45) is 0 Å². The van der Waals surface area contributed by atoms with Crippen LogP contribution in [0.5, 0.6) is 11.6 Å². The van der Waals surface area contributed by atoms with E-state index in [0.717, 1.165) is 0 Å². The molecule has 0 saturated heterocycles. The molecule has 0 aliphatic heterocycles. The fourth-order valence-corrected chi connectivity index (χ4v) is 1.73. The van der Waals surface area contributed by atoms with E-state index in [4.69, 9.17) is 9.47 Å². The summed E-state index contributed by atoms with van der Waals surface area (Å²) in [5.41, 5.74) is 0.130. The predicted molar refractivity (Wildman–Crippen MR) is 76.6 cm³/mol. The van der Waals surface area contributed by atoms with E-state index in [0.29, 0.717) is 24.5 Å². The summed E-state index contributed by atoms with van der Waals surface area (Å²) in [4.78, 5) is 27.4. The van der Waals surface area contributed by atoms with Gasteiger partial charge in [-0.15, -0.1) is 0 Å². The quantitative estimate of drug-likeness (QED) is 0.789. The molecule has 0 bridgehead atoms. The third kappa shape index (κ3) is 3.47.